The molecule has 0 aliphatic rings. The van der Waals surface area contributed by atoms with Crippen LogP contribution in [0.25, 0.3) is 21.9 Å². The topological polar surface area (TPSA) is 38.7 Å². The Morgan fingerprint density at radius 2 is 1.23 bits per heavy atom. The Hall–Kier alpha value is -2.81. The Balaban J connectivity index is 0.000000131. The van der Waals surface area contributed by atoms with E-state index in [1.54, 1.807) is 12.4 Å². The molecule has 0 aliphatic heterocycles. The van der Waals surface area contributed by atoms with Crippen molar-refractivity contribution in [2.24, 2.45) is 0 Å². The molecule has 0 radical (unpaired) electrons. The number of pyridine rings is 1. The van der Waals surface area contributed by atoms with Gasteiger partial charge in [0.15, 0.2) is 0 Å². The van der Waals surface area contributed by atoms with Crippen molar-refractivity contribution in [3.8, 4) is 0 Å². The van der Waals surface area contributed by atoms with E-state index in [-0.39, 0.29) is 0 Å². The van der Waals surface area contributed by atoms with Crippen LogP contribution in [0.4, 0.5) is 0 Å². The van der Waals surface area contributed by atoms with Gasteiger partial charge >= 0.3 is 0 Å². The molecule has 2 aromatic carbocycles. The lowest BCUT2D eigenvalue weighted by molar-refractivity contribution is 1.28. The van der Waals surface area contributed by atoms with E-state index in [2.05, 4.69) is 40.1 Å². The summed E-state index contributed by atoms with van der Waals surface area (Å²) in [4.78, 5) is 12.6. The number of fused-ring (bicyclic) bond motifs is 2. The monoisotopic (exact) mass is 287 g/mol. The molecule has 3 heteroatoms. The number of benzene rings is 2. The summed E-state index contributed by atoms with van der Waals surface area (Å²) in [5.41, 5.74) is 5.49. The maximum absolute atomic E-state index is 4.22. The SMILES string of the molecule is Cc1ccc2ncccc2c1.Cc1ccc2nccnc2c1. The average molecular weight is 287 g/mol. The predicted molar refractivity (Wildman–Crippen MR) is 90.8 cm³/mol. The Kier molecular flexibility index (Phi) is 4.05. The van der Waals surface area contributed by atoms with Crippen molar-refractivity contribution in [3.63, 3.8) is 0 Å². The van der Waals surface area contributed by atoms with Gasteiger partial charge in [0, 0.05) is 24.0 Å². The molecule has 4 aromatic rings. The molecule has 4 rings (SSSR count). The highest BCUT2D eigenvalue weighted by atomic mass is 14.8. The zero-order valence-corrected chi connectivity index (χ0v) is 12.7. The number of hydrogen-bond acceptors (Lipinski definition) is 3. The minimum absolute atomic E-state index is 0.957. The van der Waals surface area contributed by atoms with Crippen molar-refractivity contribution in [2.45, 2.75) is 13.8 Å². The zero-order valence-electron chi connectivity index (χ0n) is 12.7. The maximum Gasteiger partial charge on any atom is 0.0889 e. The number of hydrogen-bond donors (Lipinski definition) is 0. The molecule has 108 valence electrons. The molecule has 0 N–H and O–H groups in total. The van der Waals surface area contributed by atoms with E-state index in [0.717, 1.165) is 16.6 Å². The lowest BCUT2D eigenvalue weighted by atomic mass is 10.1. The molecular formula is C19H17N3. The molecule has 0 saturated carbocycles. The molecule has 3 nitrogen and oxygen atoms in total. The molecule has 0 bridgehead atoms. The fourth-order valence-corrected chi connectivity index (χ4v) is 2.27. The first kappa shape index (κ1) is 14.1. The van der Waals surface area contributed by atoms with E-state index in [0.29, 0.717) is 0 Å². The van der Waals surface area contributed by atoms with Gasteiger partial charge in [-0.05, 0) is 49.7 Å². The van der Waals surface area contributed by atoms with Crippen LogP contribution in [0.3, 0.4) is 0 Å². The Morgan fingerprint density at radius 1 is 0.591 bits per heavy atom. The molecule has 0 atom stereocenters. The van der Waals surface area contributed by atoms with Gasteiger partial charge in [-0.15, -0.1) is 0 Å². The van der Waals surface area contributed by atoms with Crippen molar-refractivity contribution >= 4 is 21.9 Å². The van der Waals surface area contributed by atoms with Gasteiger partial charge in [-0.1, -0.05) is 23.8 Å². The van der Waals surface area contributed by atoms with Crippen molar-refractivity contribution in [1.29, 1.82) is 0 Å². The average Bonchev–Trinajstić information content (AvgIpc) is 2.55. The molecule has 2 aromatic heterocycles. The first-order valence-corrected chi connectivity index (χ1v) is 7.21. The van der Waals surface area contributed by atoms with Crippen molar-refractivity contribution in [1.82, 2.24) is 15.0 Å². The summed E-state index contributed by atoms with van der Waals surface area (Å²) in [6, 6.07) is 16.4. The quantitative estimate of drug-likeness (QED) is 0.478. The third-order valence-electron chi connectivity index (χ3n) is 3.38. The van der Waals surface area contributed by atoms with Crippen LogP contribution in [0.5, 0.6) is 0 Å². The standard InChI is InChI=1S/C10H9N.C9H8N2/c1-8-4-5-10-9(7-8)3-2-6-11-10;1-7-2-3-8-9(6-7)11-5-4-10-8/h2-7H,1H3;2-6H,1H3. The van der Waals surface area contributed by atoms with Crippen LogP contribution < -0.4 is 0 Å². The fourth-order valence-electron chi connectivity index (χ4n) is 2.27. The lowest BCUT2D eigenvalue weighted by Crippen LogP contribution is -1.81. The molecule has 0 saturated heterocycles. The minimum Gasteiger partial charge on any atom is -0.256 e. The molecule has 2 heterocycles. The first-order valence-electron chi connectivity index (χ1n) is 7.21. The van der Waals surface area contributed by atoms with Crippen LogP contribution in [-0.2, 0) is 0 Å². The fraction of sp³-hybridized carbons (Fsp3) is 0.105. The van der Waals surface area contributed by atoms with Crippen molar-refractivity contribution < 1.29 is 0 Å². The third-order valence-corrected chi connectivity index (χ3v) is 3.38. The van der Waals surface area contributed by atoms with Gasteiger partial charge in [-0.3, -0.25) is 15.0 Å². The van der Waals surface area contributed by atoms with Crippen LogP contribution in [0.1, 0.15) is 11.1 Å². The second-order valence-corrected chi connectivity index (χ2v) is 5.25. The van der Waals surface area contributed by atoms with Crippen LogP contribution >= 0.6 is 0 Å². The summed E-state index contributed by atoms with van der Waals surface area (Å²) in [7, 11) is 0. The van der Waals surface area contributed by atoms with Gasteiger partial charge in [-0.25, -0.2) is 0 Å². The summed E-state index contributed by atoms with van der Waals surface area (Å²) in [5, 5.41) is 1.22. The highest BCUT2D eigenvalue weighted by molar-refractivity contribution is 5.78. The second-order valence-electron chi connectivity index (χ2n) is 5.25. The largest absolute Gasteiger partial charge is 0.256 e. The first-order chi connectivity index (χ1) is 10.7. The van der Waals surface area contributed by atoms with Crippen molar-refractivity contribution in [3.05, 3.63) is 78.2 Å². The van der Waals surface area contributed by atoms with Gasteiger partial charge in [0.1, 0.15) is 0 Å². The minimum atomic E-state index is 0.957. The van der Waals surface area contributed by atoms with E-state index in [1.807, 2.05) is 43.5 Å². The Labute approximate surface area is 129 Å². The summed E-state index contributed by atoms with van der Waals surface area (Å²) in [5.74, 6) is 0. The van der Waals surface area contributed by atoms with Crippen molar-refractivity contribution in [2.75, 3.05) is 0 Å². The predicted octanol–water partition coefficient (Wildman–Crippen LogP) is 4.48. The zero-order chi connectivity index (χ0) is 15.4. The van der Waals surface area contributed by atoms with Gasteiger partial charge < -0.3 is 0 Å². The number of aryl methyl sites for hydroxylation is 2. The van der Waals surface area contributed by atoms with Crippen LogP contribution in [0, 0.1) is 13.8 Å². The normalized spacial score (nSPS) is 10.3. The van der Waals surface area contributed by atoms with Gasteiger partial charge in [0.25, 0.3) is 0 Å². The van der Waals surface area contributed by atoms with E-state index in [4.69, 9.17) is 0 Å². The van der Waals surface area contributed by atoms with Gasteiger partial charge in [-0.2, -0.15) is 0 Å². The number of nitrogens with zero attached hydrogens (tertiary/aromatic N) is 3. The maximum atomic E-state index is 4.22. The van der Waals surface area contributed by atoms with Gasteiger partial charge in [0.2, 0.25) is 0 Å². The smallest absolute Gasteiger partial charge is 0.0889 e. The Bertz CT molecular complexity index is 839. The molecule has 0 aliphatic carbocycles. The molecular weight excluding hydrogens is 270 g/mol. The van der Waals surface area contributed by atoms with Gasteiger partial charge in [0.05, 0.1) is 16.6 Å². The summed E-state index contributed by atoms with van der Waals surface area (Å²) in [6.07, 6.45) is 5.23. The summed E-state index contributed by atoms with van der Waals surface area (Å²) < 4.78 is 0. The third kappa shape index (κ3) is 3.26. The molecule has 0 unspecified atom stereocenters. The lowest BCUT2D eigenvalue weighted by Gasteiger charge is -1.95. The van der Waals surface area contributed by atoms with Crippen LogP contribution in [0.15, 0.2) is 67.1 Å². The highest BCUT2D eigenvalue weighted by Crippen LogP contribution is 2.11. The molecule has 22 heavy (non-hydrogen) atoms. The molecule has 0 fully saturated rings. The molecule has 0 amide bonds. The van der Waals surface area contributed by atoms with E-state index >= 15 is 0 Å². The van der Waals surface area contributed by atoms with Crippen LogP contribution in [-0.4, -0.2) is 15.0 Å². The highest BCUT2D eigenvalue weighted by Gasteiger charge is 1.92. The summed E-state index contributed by atoms with van der Waals surface area (Å²) >= 11 is 0. The summed E-state index contributed by atoms with van der Waals surface area (Å²) in [6.45, 7) is 4.14. The second kappa shape index (κ2) is 6.31. The number of rotatable bonds is 0. The van der Waals surface area contributed by atoms with Crippen LogP contribution in [0.2, 0.25) is 0 Å². The van der Waals surface area contributed by atoms with E-state index in [1.165, 1.54) is 16.5 Å². The number of aromatic nitrogens is 3. The Morgan fingerprint density at radius 3 is 2.05 bits per heavy atom. The van der Waals surface area contributed by atoms with E-state index in [9.17, 15) is 0 Å². The molecule has 0 spiro atoms. The van der Waals surface area contributed by atoms with E-state index < -0.39 is 0 Å².